The summed E-state index contributed by atoms with van der Waals surface area (Å²) in [5, 5.41) is 12.5. The van der Waals surface area contributed by atoms with Crippen molar-refractivity contribution in [1.29, 1.82) is 0 Å². The van der Waals surface area contributed by atoms with E-state index in [1.165, 1.54) is 0 Å². The molecule has 0 aromatic heterocycles. The fourth-order valence-corrected chi connectivity index (χ4v) is 12.3. The van der Waals surface area contributed by atoms with Gasteiger partial charge in [0.05, 0.1) is 32.6 Å². The summed E-state index contributed by atoms with van der Waals surface area (Å²) in [5.41, 5.74) is 6.57. The standard InChI is InChI=1S/C50H40Cl2N4O4S2/c1-33-13-29-43(30-14-33)61(57,58)49-45(35-21-25-39(51)26-22-35)53-55(41-9-5-3-6-10-41)47(49)37-17-19-38(20-18-37)48-50(62(59,60)44-31-15-34(2)16-32-44)46(36-23-27-40(52)28-24-36)54-56(48)42-11-7-4-8-12-42/h3-32,47-50H,1-2H3. The Morgan fingerprint density at radius 3 is 1.06 bits per heavy atom. The average Bonchev–Trinajstić information content (AvgIpc) is 3.90. The van der Waals surface area contributed by atoms with Crippen LogP contribution in [0.3, 0.4) is 0 Å². The van der Waals surface area contributed by atoms with Crippen LogP contribution in [-0.4, -0.2) is 38.8 Å². The summed E-state index contributed by atoms with van der Waals surface area (Å²) in [6.45, 7) is 3.83. The lowest BCUT2D eigenvalue weighted by atomic mass is 9.93. The van der Waals surface area contributed by atoms with Gasteiger partial charge in [0.1, 0.15) is 22.6 Å². The predicted octanol–water partition coefficient (Wildman–Crippen LogP) is 11.2. The van der Waals surface area contributed by atoms with Crippen molar-refractivity contribution in [3.05, 3.63) is 225 Å². The molecule has 4 unspecified atom stereocenters. The van der Waals surface area contributed by atoms with E-state index in [4.69, 9.17) is 33.4 Å². The number of rotatable bonds is 10. The number of benzene rings is 7. The Hall–Kier alpha value is -6.04. The van der Waals surface area contributed by atoms with E-state index in [9.17, 15) is 0 Å². The van der Waals surface area contributed by atoms with Gasteiger partial charge in [-0.2, -0.15) is 10.2 Å². The lowest BCUT2D eigenvalue weighted by Crippen LogP contribution is -2.38. The van der Waals surface area contributed by atoms with Crippen molar-refractivity contribution in [2.45, 2.75) is 46.2 Å². The molecule has 0 fully saturated rings. The number of sulfone groups is 2. The minimum absolute atomic E-state index is 0.173. The zero-order valence-electron chi connectivity index (χ0n) is 33.6. The van der Waals surface area contributed by atoms with Crippen LogP contribution in [0.15, 0.2) is 202 Å². The molecule has 0 spiro atoms. The normalized spacial score (nSPS) is 19.0. The minimum Gasteiger partial charge on any atom is -0.256 e. The monoisotopic (exact) mass is 894 g/mol. The van der Waals surface area contributed by atoms with Gasteiger partial charge in [0, 0.05) is 10.0 Å². The first-order valence-corrected chi connectivity index (χ1v) is 23.8. The summed E-state index contributed by atoms with van der Waals surface area (Å²) >= 11 is 12.7. The molecule has 12 heteroatoms. The van der Waals surface area contributed by atoms with E-state index < -0.39 is 42.3 Å². The Balaban J connectivity index is 1.22. The Bertz CT molecular complexity index is 2810. The first-order chi connectivity index (χ1) is 29.9. The maximum absolute atomic E-state index is 15.1. The summed E-state index contributed by atoms with van der Waals surface area (Å²) in [7, 11) is -8.19. The molecule has 2 aliphatic rings. The molecule has 7 aromatic rings. The maximum Gasteiger partial charge on any atom is 0.189 e. The van der Waals surface area contributed by atoms with Crippen LogP contribution < -0.4 is 10.0 Å². The van der Waals surface area contributed by atoms with Crippen molar-refractivity contribution in [2.24, 2.45) is 10.2 Å². The molecule has 0 saturated carbocycles. The van der Waals surface area contributed by atoms with E-state index in [1.807, 2.05) is 98.8 Å². The van der Waals surface area contributed by atoms with Crippen LogP contribution in [0, 0.1) is 13.8 Å². The highest BCUT2D eigenvalue weighted by molar-refractivity contribution is 7.93. The topological polar surface area (TPSA) is 99.5 Å². The molecule has 0 saturated heterocycles. The number of hydrogen-bond donors (Lipinski definition) is 0. The second-order valence-corrected chi connectivity index (χ2v) is 20.5. The lowest BCUT2D eigenvalue weighted by Gasteiger charge is -2.31. The lowest BCUT2D eigenvalue weighted by molar-refractivity contribution is 0.575. The molecule has 0 radical (unpaired) electrons. The fourth-order valence-electron chi connectivity index (χ4n) is 8.21. The molecule has 62 heavy (non-hydrogen) atoms. The Morgan fingerprint density at radius 2 is 0.742 bits per heavy atom. The van der Waals surface area contributed by atoms with Crippen LogP contribution >= 0.6 is 23.2 Å². The summed E-state index contributed by atoms with van der Waals surface area (Å²) < 4.78 is 60.4. The highest BCUT2D eigenvalue weighted by Gasteiger charge is 2.50. The Morgan fingerprint density at radius 1 is 0.419 bits per heavy atom. The Kier molecular flexibility index (Phi) is 11.1. The average molecular weight is 896 g/mol. The highest BCUT2D eigenvalue weighted by Crippen LogP contribution is 2.45. The predicted molar refractivity (Wildman–Crippen MR) is 250 cm³/mol. The molecule has 0 N–H and O–H groups in total. The van der Waals surface area contributed by atoms with Gasteiger partial charge < -0.3 is 0 Å². The maximum atomic E-state index is 15.1. The fraction of sp³-hybridized carbons (Fsp3) is 0.120. The highest BCUT2D eigenvalue weighted by atomic mass is 35.5. The molecule has 2 heterocycles. The van der Waals surface area contributed by atoms with Gasteiger partial charge in [-0.1, -0.05) is 144 Å². The van der Waals surface area contributed by atoms with Crippen molar-refractivity contribution in [1.82, 2.24) is 0 Å². The van der Waals surface area contributed by atoms with Gasteiger partial charge in [-0.15, -0.1) is 0 Å². The molecular weight excluding hydrogens is 856 g/mol. The zero-order valence-corrected chi connectivity index (χ0v) is 36.8. The third-order valence-electron chi connectivity index (χ3n) is 11.4. The molecular formula is C50H40Cl2N4O4S2. The van der Waals surface area contributed by atoms with Gasteiger partial charge in [0.2, 0.25) is 0 Å². The second-order valence-electron chi connectivity index (χ2n) is 15.5. The van der Waals surface area contributed by atoms with Crippen molar-refractivity contribution < 1.29 is 16.8 Å². The van der Waals surface area contributed by atoms with Gasteiger partial charge in [0.15, 0.2) is 19.7 Å². The number of hydrogen-bond acceptors (Lipinski definition) is 8. The van der Waals surface area contributed by atoms with Gasteiger partial charge >= 0.3 is 0 Å². The molecule has 7 aromatic carbocycles. The number of para-hydroxylation sites is 2. The number of aryl methyl sites for hydroxylation is 2. The SMILES string of the molecule is Cc1ccc(S(=O)(=O)C2C(c3ccc(Cl)cc3)=NN(c3ccccc3)C2c2ccc(C3C(S(=O)(=O)c4ccc(C)cc4)C(c4ccc(Cl)cc4)=NN3c3ccccc3)cc2)cc1. The zero-order chi connectivity index (χ0) is 43.2. The van der Waals surface area contributed by atoms with Crippen LogP contribution in [0.1, 0.15) is 45.5 Å². The third kappa shape index (κ3) is 7.73. The largest absolute Gasteiger partial charge is 0.256 e. The van der Waals surface area contributed by atoms with Crippen LogP contribution in [0.25, 0.3) is 0 Å². The van der Waals surface area contributed by atoms with E-state index in [0.717, 1.165) is 11.1 Å². The van der Waals surface area contributed by atoms with E-state index in [1.54, 1.807) is 107 Å². The summed E-state index contributed by atoms with van der Waals surface area (Å²) in [5.74, 6) is 0. The third-order valence-corrected chi connectivity index (χ3v) is 16.0. The summed E-state index contributed by atoms with van der Waals surface area (Å²) in [6.07, 6.45) is 0. The van der Waals surface area contributed by atoms with Crippen molar-refractivity contribution in [3.63, 3.8) is 0 Å². The molecule has 0 aliphatic carbocycles. The number of hydrazone groups is 2. The van der Waals surface area contributed by atoms with Crippen LogP contribution in [-0.2, 0) is 19.7 Å². The first kappa shape index (κ1) is 41.3. The van der Waals surface area contributed by atoms with Crippen molar-refractivity contribution in [2.75, 3.05) is 10.0 Å². The van der Waals surface area contributed by atoms with Crippen molar-refractivity contribution in [3.8, 4) is 0 Å². The quantitative estimate of drug-likeness (QED) is 0.136. The number of nitrogens with zero attached hydrogens (tertiary/aromatic N) is 4. The summed E-state index contributed by atoms with van der Waals surface area (Å²) in [4.78, 5) is 0.346. The Labute approximate surface area is 372 Å². The minimum atomic E-state index is -4.10. The molecule has 0 amide bonds. The second kappa shape index (κ2) is 16.7. The van der Waals surface area contributed by atoms with Crippen LogP contribution in [0.5, 0.6) is 0 Å². The van der Waals surface area contributed by atoms with E-state index >= 15 is 16.8 Å². The molecule has 310 valence electrons. The molecule has 0 bridgehead atoms. The summed E-state index contributed by atoms with van der Waals surface area (Å²) in [6, 6.07) is 52.6. The molecule has 2 aliphatic heterocycles. The van der Waals surface area contributed by atoms with Crippen molar-refractivity contribution >= 4 is 65.7 Å². The molecule has 4 atom stereocenters. The van der Waals surface area contributed by atoms with Gasteiger partial charge in [-0.25, -0.2) is 16.8 Å². The van der Waals surface area contributed by atoms with Gasteiger partial charge in [0.25, 0.3) is 0 Å². The molecule has 8 nitrogen and oxygen atoms in total. The van der Waals surface area contributed by atoms with E-state index in [2.05, 4.69) is 0 Å². The van der Waals surface area contributed by atoms with Gasteiger partial charge in [-0.05, 0) is 109 Å². The number of halogens is 2. The number of anilines is 2. The van der Waals surface area contributed by atoms with Gasteiger partial charge in [-0.3, -0.25) is 10.0 Å². The molecule has 9 rings (SSSR count). The smallest absolute Gasteiger partial charge is 0.189 e. The van der Waals surface area contributed by atoms with E-state index in [0.29, 0.717) is 55.1 Å². The van der Waals surface area contributed by atoms with Crippen LogP contribution in [0.4, 0.5) is 11.4 Å². The first-order valence-electron chi connectivity index (χ1n) is 20.0. The van der Waals surface area contributed by atoms with E-state index in [-0.39, 0.29) is 9.79 Å². The van der Waals surface area contributed by atoms with Crippen LogP contribution in [0.2, 0.25) is 10.0 Å².